The van der Waals surface area contributed by atoms with Crippen LogP contribution in [0.15, 0.2) is 34.3 Å². The smallest absolute Gasteiger partial charge is 0.249 e. The van der Waals surface area contributed by atoms with E-state index in [1.165, 1.54) is 6.08 Å². The molecule has 0 fully saturated rings. The summed E-state index contributed by atoms with van der Waals surface area (Å²) in [5.74, 6) is -2.22. The Morgan fingerprint density at radius 3 is 2.53 bits per heavy atom. The second kappa shape index (κ2) is 2.57. The second-order valence-corrected chi connectivity index (χ2v) is 3.18. The number of hydrogen-bond donors (Lipinski definition) is 4. The molecule has 0 radical (unpaired) electrons. The van der Waals surface area contributed by atoms with Crippen LogP contribution in [0.2, 0.25) is 0 Å². The van der Waals surface area contributed by atoms with Gasteiger partial charge in [0.1, 0.15) is 0 Å². The monoisotopic (exact) mass is 205 g/mol. The van der Waals surface area contributed by atoms with Crippen molar-refractivity contribution in [3.63, 3.8) is 0 Å². The van der Waals surface area contributed by atoms with Crippen LogP contribution >= 0.6 is 0 Å². The number of carbonyl (C=O) groups is 2. The van der Waals surface area contributed by atoms with E-state index in [-0.39, 0.29) is 28.1 Å². The number of Topliss-reactive ketones (excluding diaryl/α,β-unsaturated/α-hetero) is 1. The topological polar surface area (TPSA) is 130 Å². The SMILES string of the molecule is N=C1C2=C(O)C(=O)C1=C(C(N)=O)C=C2N. The molecule has 2 rings (SSSR count). The minimum atomic E-state index is -0.847. The molecular weight excluding hydrogens is 198 g/mol. The lowest BCUT2D eigenvalue weighted by molar-refractivity contribution is -0.116. The predicted molar refractivity (Wildman–Crippen MR) is 50.9 cm³/mol. The minimum absolute atomic E-state index is 0.000833. The first kappa shape index (κ1) is 9.20. The highest BCUT2D eigenvalue weighted by Gasteiger charge is 2.40. The molecule has 0 heterocycles. The number of amides is 1. The number of hydrogen-bond acceptors (Lipinski definition) is 5. The van der Waals surface area contributed by atoms with Gasteiger partial charge in [-0.15, -0.1) is 0 Å². The van der Waals surface area contributed by atoms with Gasteiger partial charge in [-0.25, -0.2) is 0 Å². The number of rotatable bonds is 1. The molecule has 0 aromatic heterocycles. The molecule has 0 aliphatic heterocycles. The Morgan fingerprint density at radius 1 is 1.40 bits per heavy atom. The molecule has 15 heavy (non-hydrogen) atoms. The number of fused-ring (bicyclic) bond motifs is 2. The minimum Gasteiger partial charge on any atom is -0.504 e. The molecule has 6 nitrogen and oxygen atoms in total. The Labute approximate surface area is 84.1 Å². The molecule has 1 amide bonds. The fourth-order valence-corrected chi connectivity index (χ4v) is 1.62. The fourth-order valence-electron chi connectivity index (χ4n) is 1.62. The van der Waals surface area contributed by atoms with Gasteiger partial charge < -0.3 is 16.6 Å². The van der Waals surface area contributed by atoms with Crippen molar-refractivity contribution in [2.75, 3.05) is 0 Å². The van der Waals surface area contributed by atoms with E-state index in [4.69, 9.17) is 16.9 Å². The molecule has 2 aliphatic rings. The van der Waals surface area contributed by atoms with Gasteiger partial charge in [0.25, 0.3) is 0 Å². The molecular formula is C9H7N3O3. The Hall–Kier alpha value is -2.37. The first-order valence-electron chi connectivity index (χ1n) is 4.04. The molecule has 0 saturated heterocycles. The average Bonchev–Trinajstić information content (AvgIpc) is 2.28. The Balaban J connectivity index is 2.79. The zero-order chi connectivity index (χ0) is 11.3. The van der Waals surface area contributed by atoms with Gasteiger partial charge >= 0.3 is 0 Å². The molecule has 76 valence electrons. The summed E-state index contributed by atoms with van der Waals surface area (Å²) in [6.07, 6.45) is 1.20. The van der Waals surface area contributed by atoms with Crippen LogP contribution < -0.4 is 11.5 Å². The number of allylic oxidation sites excluding steroid dienone is 2. The maximum Gasteiger partial charge on any atom is 0.249 e. The van der Waals surface area contributed by atoms with Crippen LogP contribution in [-0.4, -0.2) is 22.5 Å². The summed E-state index contributed by atoms with van der Waals surface area (Å²) in [6, 6.07) is 0. The van der Waals surface area contributed by atoms with Crippen LogP contribution in [0, 0.1) is 5.41 Å². The maximum atomic E-state index is 11.5. The third kappa shape index (κ3) is 0.954. The Kier molecular flexibility index (Phi) is 1.57. The van der Waals surface area contributed by atoms with Crippen LogP contribution in [0.4, 0.5) is 0 Å². The lowest BCUT2D eigenvalue weighted by Crippen LogP contribution is -2.23. The van der Waals surface area contributed by atoms with E-state index in [1.54, 1.807) is 0 Å². The van der Waals surface area contributed by atoms with Crippen molar-refractivity contribution in [2.24, 2.45) is 11.5 Å². The van der Waals surface area contributed by atoms with E-state index in [9.17, 15) is 14.7 Å². The highest BCUT2D eigenvalue weighted by Crippen LogP contribution is 2.33. The quantitative estimate of drug-likeness (QED) is 0.439. The molecule has 6 heteroatoms. The van der Waals surface area contributed by atoms with Gasteiger partial charge in [0.2, 0.25) is 11.7 Å². The van der Waals surface area contributed by atoms with Crippen molar-refractivity contribution in [1.82, 2.24) is 0 Å². The van der Waals surface area contributed by atoms with Crippen LogP contribution in [0.3, 0.4) is 0 Å². The maximum absolute atomic E-state index is 11.5. The van der Waals surface area contributed by atoms with Gasteiger partial charge in [-0.1, -0.05) is 0 Å². The molecule has 6 N–H and O–H groups in total. The van der Waals surface area contributed by atoms with Crippen molar-refractivity contribution < 1.29 is 14.7 Å². The van der Waals surface area contributed by atoms with Crippen molar-refractivity contribution in [2.45, 2.75) is 0 Å². The van der Waals surface area contributed by atoms with Crippen molar-refractivity contribution in [3.8, 4) is 0 Å². The van der Waals surface area contributed by atoms with Crippen molar-refractivity contribution in [3.05, 3.63) is 34.3 Å². The van der Waals surface area contributed by atoms with Gasteiger partial charge in [-0.2, -0.15) is 0 Å². The first-order chi connectivity index (χ1) is 6.95. The number of carbonyl (C=O) groups excluding carboxylic acids is 2. The third-order valence-corrected chi connectivity index (χ3v) is 2.30. The zero-order valence-corrected chi connectivity index (χ0v) is 7.50. The van der Waals surface area contributed by atoms with Gasteiger partial charge in [0.15, 0.2) is 5.76 Å². The molecule has 0 aromatic rings. The largest absolute Gasteiger partial charge is 0.504 e. The number of ketones is 1. The van der Waals surface area contributed by atoms with Crippen LogP contribution in [0.25, 0.3) is 0 Å². The fraction of sp³-hybridized carbons (Fsp3) is 0. The van der Waals surface area contributed by atoms with Crippen molar-refractivity contribution in [1.29, 1.82) is 5.41 Å². The second-order valence-electron chi connectivity index (χ2n) is 3.18. The van der Waals surface area contributed by atoms with Gasteiger partial charge in [-0.05, 0) is 6.08 Å². The van der Waals surface area contributed by atoms with Crippen molar-refractivity contribution >= 4 is 17.4 Å². The lowest BCUT2D eigenvalue weighted by atomic mass is 9.94. The average molecular weight is 205 g/mol. The number of nitrogens with one attached hydrogen (secondary N) is 1. The predicted octanol–water partition coefficient (Wildman–Crippen LogP) is -0.961. The Bertz CT molecular complexity index is 519. The molecule has 0 spiro atoms. The van der Waals surface area contributed by atoms with E-state index in [0.29, 0.717) is 0 Å². The summed E-state index contributed by atoms with van der Waals surface area (Å²) in [5.41, 5.74) is 9.96. The van der Waals surface area contributed by atoms with Gasteiger partial charge in [0.05, 0.1) is 22.4 Å². The molecule has 0 unspecified atom stereocenters. The number of aliphatic hydroxyl groups excluding tert-OH is 1. The normalized spacial score (nSPS) is 19.9. The number of nitrogens with two attached hydrogens (primary N) is 2. The summed E-state index contributed by atoms with van der Waals surface area (Å²) in [5, 5.41) is 16.9. The zero-order valence-electron chi connectivity index (χ0n) is 7.50. The molecule has 2 bridgehead atoms. The van der Waals surface area contributed by atoms with Crippen LogP contribution in [0.5, 0.6) is 0 Å². The molecule has 0 aromatic carbocycles. The summed E-state index contributed by atoms with van der Waals surface area (Å²) >= 11 is 0. The summed E-state index contributed by atoms with van der Waals surface area (Å²) in [6.45, 7) is 0. The van der Waals surface area contributed by atoms with Gasteiger partial charge in [-0.3, -0.25) is 15.0 Å². The van der Waals surface area contributed by atoms with E-state index in [0.717, 1.165) is 0 Å². The first-order valence-corrected chi connectivity index (χ1v) is 4.04. The van der Waals surface area contributed by atoms with Gasteiger partial charge in [0, 0.05) is 5.70 Å². The lowest BCUT2D eigenvalue weighted by Gasteiger charge is -2.11. The van der Waals surface area contributed by atoms with E-state index in [1.807, 2.05) is 0 Å². The van der Waals surface area contributed by atoms with Crippen LogP contribution in [-0.2, 0) is 9.59 Å². The van der Waals surface area contributed by atoms with Crippen LogP contribution in [0.1, 0.15) is 0 Å². The highest BCUT2D eigenvalue weighted by atomic mass is 16.3. The third-order valence-electron chi connectivity index (χ3n) is 2.30. The van der Waals surface area contributed by atoms with E-state index < -0.39 is 17.4 Å². The molecule has 0 atom stereocenters. The molecule has 0 saturated carbocycles. The molecule has 2 aliphatic carbocycles. The highest BCUT2D eigenvalue weighted by molar-refractivity contribution is 6.42. The number of primary amides is 1. The van der Waals surface area contributed by atoms with E-state index in [2.05, 4.69) is 0 Å². The van der Waals surface area contributed by atoms with E-state index >= 15 is 0 Å². The Morgan fingerprint density at radius 2 is 2.00 bits per heavy atom. The summed E-state index contributed by atoms with van der Waals surface area (Å²) in [7, 11) is 0. The standard InChI is InChI=1S/C9H7N3O3/c10-3-1-2(9(12)15)4-6(11)5(3)8(14)7(4)13/h1,11H,10H2,(H2,12,15)(H,13,14). The summed E-state index contributed by atoms with van der Waals surface area (Å²) < 4.78 is 0. The summed E-state index contributed by atoms with van der Waals surface area (Å²) in [4.78, 5) is 22.5. The number of aliphatic hydroxyl groups is 1.